The number of aromatic nitrogens is 1. The summed E-state index contributed by atoms with van der Waals surface area (Å²) < 4.78 is 2.07. The minimum atomic E-state index is 0.0795. The zero-order valence-electron chi connectivity index (χ0n) is 9.80. The van der Waals surface area contributed by atoms with E-state index in [2.05, 4.69) is 21.4 Å². The van der Waals surface area contributed by atoms with Gasteiger partial charge in [0, 0.05) is 63.8 Å². The Labute approximate surface area is 96.1 Å². The van der Waals surface area contributed by atoms with E-state index in [1.165, 1.54) is 0 Å². The first-order chi connectivity index (χ1) is 7.74. The van der Waals surface area contributed by atoms with Crippen LogP contribution < -0.4 is 5.43 Å². The predicted octanol–water partition coefficient (Wildman–Crippen LogP) is 0.0957. The van der Waals surface area contributed by atoms with Crippen LogP contribution in [0.3, 0.4) is 0 Å². The van der Waals surface area contributed by atoms with Crippen molar-refractivity contribution in [3.05, 3.63) is 34.7 Å². The van der Waals surface area contributed by atoms with Gasteiger partial charge in [-0.3, -0.25) is 9.69 Å². The first-order valence-electron chi connectivity index (χ1n) is 5.81. The van der Waals surface area contributed by atoms with Gasteiger partial charge in [0.2, 0.25) is 0 Å². The Morgan fingerprint density at radius 2 is 1.69 bits per heavy atom. The van der Waals surface area contributed by atoms with Crippen molar-refractivity contribution < 1.29 is 0 Å². The highest BCUT2D eigenvalue weighted by Crippen LogP contribution is 1.99. The maximum absolute atomic E-state index is 10.9. The van der Waals surface area contributed by atoms with Crippen LogP contribution in [0.2, 0.25) is 0 Å². The van der Waals surface area contributed by atoms with Crippen LogP contribution in [0.1, 0.15) is 0 Å². The van der Waals surface area contributed by atoms with Gasteiger partial charge in [0.15, 0.2) is 5.43 Å². The second kappa shape index (κ2) is 5.27. The number of nitrogens with zero attached hydrogens (tertiary/aromatic N) is 3. The van der Waals surface area contributed by atoms with Gasteiger partial charge in [-0.15, -0.1) is 0 Å². The fourth-order valence-corrected chi connectivity index (χ4v) is 1.92. The molecule has 0 amide bonds. The molecule has 0 radical (unpaired) electrons. The number of piperazine rings is 1. The molecule has 2 heterocycles. The van der Waals surface area contributed by atoms with Gasteiger partial charge in [-0.1, -0.05) is 0 Å². The van der Waals surface area contributed by atoms with Crippen LogP contribution in [-0.2, 0) is 6.54 Å². The molecule has 4 nitrogen and oxygen atoms in total. The molecule has 88 valence electrons. The van der Waals surface area contributed by atoms with Crippen LogP contribution in [-0.4, -0.2) is 54.1 Å². The van der Waals surface area contributed by atoms with Gasteiger partial charge in [0.25, 0.3) is 0 Å². The molecule has 0 atom stereocenters. The Bertz CT molecular complexity index is 360. The standard InChI is InChI=1S/C12H19N3O/c1-13-6-8-15(9-7-13)11-10-14-4-2-12(16)3-5-14/h2-5H,6-11H2,1H3. The van der Waals surface area contributed by atoms with E-state index >= 15 is 0 Å². The van der Waals surface area contributed by atoms with E-state index < -0.39 is 0 Å². The zero-order chi connectivity index (χ0) is 11.4. The number of hydrogen-bond donors (Lipinski definition) is 0. The second-order valence-corrected chi connectivity index (χ2v) is 4.42. The van der Waals surface area contributed by atoms with Gasteiger partial charge in [0.05, 0.1) is 0 Å². The molecule has 0 aromatic carbocycles. The molecule has 2 rings (SSSR count). The summed E-state index contributed by atoms with van der Waals surface area (Å²) in [6.45, 7) is 6.64. The summed E-state index contributed by atoms with van der Waals surface area (Å²) in [6.07, 6.45) is 3.72. The molecule has 0 N–H and O–H groups in total. The van der Waals surface area contributed by atoms with Crippen molar-refractivity contribution in [3.63, 3.8) is 0 Å². The van der Waals surface area contributed by atoms with E-state index in [1.807, 2.05) is 12.4 Å². The van der Waals surface area contributed by atoms with Crippen LogP contribution in [0.4, 0.5) is 0 Å². The molecule has 0 unspecified atom stereocenters. The number of pyridine rings is 1. The summed E-state index contributed by atoms with van der Waals surface area (Å²) >= 11 is 0. The lowest BCUT2D eigenvalue weighted by molar-refractivity contribution is 0.150. The fourth-order valence-electron chi connectivity index (χ4n) is 1.92. The average Bonchev–Trinajstić information content (AvgIpc) is 2.30. The van der Waals surface area contributed by atoms with Crippen LogP contribution in [0.15, 0.2) is 29.3 Å². The van der Waals surface area contributed by atoms with Crippen molar-refractivity contribution in [1.29, 1.82) is 0 Å². The quantitative estimate of drug-likeness (QED) is 0.724. The van der Waals surface area contributed by atoms with Crippen molar-refractivity contribution in [2.24, 2.45) is 0 Å². The summed E-state index contributed by atoms with van der Waals surface area (Å²) in [5, 5.41) is 0. The van der Waals surface area contributed by atoms with Crippen molar-refractivity contribution in [2.75, 3.05) is 39.8 Å². The van der Waals surface area contributed by atoms with Gasteiger partial charge < -0.3 is 9.47 Å². The monoisotopic (exact) mass is 221 g/mol. The Morgan fingerprint density at radius 3 is 2.31 bits per heavy atom. The second-order valence-electron chi connectivity index (χ2n) is 4.42. The van der Waals surface area contributed by atoms with Crippen LogP contribution in [0.5, 0.6) is 0 Å². The maximum atomic E-state index is 10.9. The van der Waals surface area contributed by atoms with Crippen LogP contribution in [0, 0.1) is 0 Å². The molecule has 0 saturated carbocycles. The highest BCUT2D eigenvalue weighted by Gasteiger charge is 2.12. The third-order valence-electron chi connectivity index (χ3n) is 3.13. The highest BCUT2D eigenvalue weighted by molar-refractivity contribution is 4.93. The summed E-state index contributed by atoms with van der Waals surface area (Å²) in [7, 11) is 2.17. The summed E-state index contributed by atoms with van der Waals surface area (Å²) in [5.74, 6) is 0. The lowest BCUT2D eigenvalue weighted by Crippen LogP contribution is -2.45. The van der Waals surface area contributed by atoms with Gasteiger partial charge >= 0.3 is 0 Å². The van der Waals surface area contributed by atoms with E-state index in [9.17, 15) is 4.79 Å². The number of likely N-dealkylation sites (N-methyl/N-ethyl adjacent to an activating group) is 1. The predicted molar refractivity (Wildman–Crippen MR) is 64.6 cm³/mol. The average molecular weight is 221 g/mol. The van der Waals surface area contributed by atoms with E-state index in [4.69, 9.17) is 0 Å². The van der Waals surface area contributed by atoms with E-state index in [0.29, 0.717) is 0 Å². The molecule has 1 aliphatic rings. The first kappa shape index (κ1) is 11.4. The van der Waals surface area contributed by atoms with Gasteiger partial charge in [-0.25, -0.2) is 0 Å². The topological polar surface area (TPSA) is 28.5 Å². The van der Waals surface area contributed by atoms with E-state index in [0.717, 1.165) is 39.3 Å². The maximum Gasteiger partial charge on any atom is 0.181 e. The molecule has 1 saturated heterocycles. The third-order valence-corrected chi connectivity index (χ3v) is 3.13. The van der Waals surface area contributed by atoms with E-state index in [-0.39, 0.29) is 5.43 Å². The number of rotatable bonds is 3. The van der Waals surface area contributed by atoms with Gasteiger partial charge in [-0.05, 0) is 7.05 Å². The Hall–Kier alpha value is -1.13. The number of hydrogen-bond acceptors (Lipinski definition) is 3. The fraction of sp³-hybridized carbons (Fsp3) is 0.583. The minimum Gasteiger partial charge on any atom is -0.353 e. The Kier molecular flexibility index (Phi) is 3.74. The lowest BCUT2D eigenvalue weighted by Gasteiger charge is -2.32. The van der Waals surface area contributed by atoms with Gasteiger partial charge in [0.1, 0.15) is 0 Å². The smallest absolute Gasteiger partial charge is 0.181 e. The molecular weight excluding hydrogens is 202 g/mol. The summed E-state index contributed by atoms with van der Waals surface area (Å²) in [5.41, 5.74) is 0.0795. The molecule has 1 fully saturated rings. The van der Waals surface area contributed by atoms with E-state index in [1.54, 1.807) is 12.1 Å². The first-order valence-corrected chi connectivity index (χ1v) is 5.81. The molecule has 1 aromatic rings. The highest BCUT2D eigenvalue weighted by atomic mass is 16.1. The lowest BCUT2D eigenvalue weighted by atomic mass is 10.3. The van der Waals surface area contributed by atoms with Crippen molar-refractivity contribution in [2.45, 2.75) is 6.54 Å². The van der Waals surface area contributed by atoms with Crippen LogP contribution in [0.25, 0.3) is 0 Å². The summed E-state index contributed by atoms with van der Waals surface area (Å²) in [4.78, 5) is 15.8. The molecule has 0 aliphatic carbocycles. The van der Waals surface area contributed by atoms with Crippen molar-refractivity contribution >= 4 is 0 Å². The van der Waals surface area contributed by atoms with Gasteiger partial charge in [-0.2, -0.15) is 0 Å². The Balaban J connectivity index is 1.79. The minimum absolute atomic E-state index is 0.0795. The zero-order valence-corrected chi connectivity index (χ0v) is 9.80. The molecule has 0 spiro atoms. The van der Waals surface area contributed by atoms with Crippen LogP contribution >= 0.6 is 0 Å². The molecular formula is C12H19N3O. The SMILES string of the molecule is CN1CCN(CCn2ccc(=O)cc2)CC1. The molecule has 0 bridgehead atoms. The van der Waals surface area contributed by atoms with Crippen molar-refractivity contribution in [3.8, 4) is 0 Å². The Morgan fingerprint density at radius 1 is 1.06 bits per heavy atom. The normalized spacial score (nSPS) is 18.8. The summed E-state index contributed by atoms with van der Waals surface area (Å²) in [6, 6.07) is 3.23. The molecule has 1 aromatic heterocycles. The molecule has 1 aliphatic heterocycles. The van der Waals surface area contributed by atoms with Crippen molar-refractivity contribution in [1.82, 2.24) is 14.4 Å². The third kappa shape index (κ3) is 3.18. The molecule has 4 heteroatoms. The molecule has 16 heavy (non-hydrogen) atoms. The largest absolute Gasteiger partial charge is 0.353 e.